The summed E-state index contributed by atoms with van der Waals surface area (Å²) in [4.78, 5) is 39.9. The highest BCUT2D eigenvalue weighted by atomic mass is 16.5. The number of anilines is 3. The highest BCUT2D eigenvalue weighted by molar-refractivity contribution is 5.98. The van der Waals surface area contributed by atoms with Gasteiger partial charge in [-0.3, -0.25) is 0 Å². The van der Waals surface area contributed by atoms with E-state index in [2.05, 4.69) is 25.3 Å². The van der Waals surface area contributed by atoms with E-state index >= 15 is 0 Å². The molecule has 0 saturated heterocycles. The van der Waals surface area contributed by atoms with Crippen LogP contribution in [0, 0.1) is 6.92 Å². The topological polar surface area (TPSA) is 154 Å². The van der Waals surface area contributed by atoms with E-state index in [0.29, 0.717) is 34.7 Å². The van der Waals surface area contributed by atoms with Gasteiger partial charge in [-0.1, -0.05) is 19.1 Å². The van der Waals surface area contributed by atoms with Gasteiger partial charge in [0.25, 0.3) is 0 Å². The number of hydrogen-bond donors (Lipinski definition) is 3. The molecule has 0 atom stereocenters. The Balaban J connectivity index is 1.77. The van der Waals surface area contributed by atoms with Gasteiger partial charge in [0.2, 0.25) is 11.9 Å². The molecule has 0 fully saturated rings. The summed E-state index contributed by atoms with van der Waals surface area (Å²) in [6, 6.07) is 7.22. The number of aromatic amines is 1. The summed E-state index contributed by atoms with van der Waals surface area (Å²) < 4.78 is 15.4. The Morgan fingerprint density at radius 3 is 2.56 bits per heavy atom. The van der Waals surface area contributed by atoms with Crippen molar-refractivity contribution in [3.63, 3.8) is 0 Å². The summed E-state index contributed by atoms with van der Waals surface area (Å²) >= 11 is 0. The number of H-pyrrole nitrogens is 1. The van der Waals surface area contributed by atoms with Crippen molar-refractivity contribution in [3.8, 4) is 5.75 Å². The van der Waals surface area contributed by atoms with Crippen LogP contribution in [-0.4, -0.2) is 46.1 Å². The van der Waals surface area contributed by atoms with Crippen molar-refractivity contribution >= 4 is 29.5 Å². The number of nitrogens with one attached hydrogen (secondary N) is 2. The molecule has 0 aliphatic rings. The van der Waals surface area contributed by atoms with E-state index in [9.17, 15) is 9.59 Å². The van der Waals surface area contributed by atoms with Gasteiger partial charge in [-0.05, 0) is 31.0 Å². The maximum atomic E-state index is 12.6. The molecule has 32 heavy (non-hydrogen) atoms. The highest BCUT2D eigenvalue weighted by Crippen LogP contribution is 2.26. The molecule has 2 heterocycles. The molecule has 0 aliphatic carbocycles. The molecule has 168 valence electrons. The van der Waals surface area contributed by atoms with Crippen LogP contribution >= 0.6 is 0 Å². The molecule has 3 rings (SSSR count). The van der Waals surface area contributed by atoms with Gasteiger partial charge in [0, 0.05) is 5.69 Å². The summed E-state index contributed by atoms with van der Waals surface area (Å²) in [5, 5.41) is 3.01. The largest absolute Gasteiger partial charge is 0.495 e. The average molecular weight is 440 g/mol. The number of nitrogens with two attached hydrogens (primary N) is 1. The van der Waals surface area contributed by atoms with Gasteiger partial charge in [-0.2, -0.15) is 15.0 Å². The van der Waals surface area contributed by atoms with Crippen LogP contribution in [0.4, 0.5) is 17.6 Å². The number of aromatic nitrogens is 4. The molecular formula is C21H24N6O5. The lowest BCUT2D eigenvalue weighted by molar-refractivity contribution is 0.0455. The third-order valence-corrected chi connectivity index (χ3v) is 4.66. The van der Waals surface area contributed by atoms with Crippen molar-refractivity contribution in [2.45, 2.75) is 26.9 Å². The fourth-order valence-electron chi connectivity index (χ4n) is 3.14. The number of para-hydroxylation sites is 2. The second-order valence-electron chi connectivity index (χ2n) is 6.66. The van der Waals surface area contributed by atoms with E-state index in [1.54, 1.807) is 26.2 Å². The molecule has 0 bridgehead atoms. The number of benzene rings is 1. The molecule has 11 heteroatoms. The van der Waals surface area contributed by atoms with Crippen LogP contribution in [0.25, 0.3) is 0 Å². The maximum absolute atomic E-state index is 12.6. The van der Waals surface area contributed by atoms with Crippen LogP contribution in [0.2, 0.25) is 0 Å². The van der Waals surface area contributed by atoms with Gasteiger partial charge in [0.05, 0.1) is 25.5 Å². The van der Waals surface area contributed by atoms with Crippen LogP contribution in [0.3, 0.4) is 0 Å². The minimum Gasteiger partial charge on any atom is -0.495 e. The number of rotatable bonds is 8. The summed E-state index contributed by atoms with van der Waals surface area (Å²) in [6.07, 6.45) is 0.514. The van der Waals surface area contributed by atoms with Gasteiger partial charge in [-0.25, -0.2) is 9.59 Å². The van der Waals surface area contributed by atoms with Crippen LogP contribution < -0.4 is 15.8 Å². The van der Waals surface area contributed by atoms with E-state index in [1.807, 2.05) is 19.1 Å². The monoisotopic (exact) mass is 440 g/mol. The molecule has 0 unspecified atom stereocenters. The summed E-state index contributed by atoms with van der Waals surface area (Å²) in [5.41, 5.74) is 7.95. The Bertz CT molecular complexity index is 1140. The molecule has 0 radical (unpaired) electrons. The minimum atomic E-state index is -0.662. The van der Waals surface area contributed by atoms with E-state index in [1.165, 1.54) is 7.11 Å². The Morgan fingerprint density at radius 2 is 1.88 bits per heavy atom. The molecule has 4 N–H and O–H groups in total. The van der Waals surface area contributed by atoms with Crippen LogP contribution in [0.5, 0.6) is 5.75 Å². The lowest BCUT2D eigenvalue weighted by atomic mass is 10.1. The molecule has 0 amide bonds. The zero-order chi connectivity index (χ0) is 23.3. The van der Waals surface area contributed by atoms with Crippen molar-refractivity contribution in [2.75, 3.05) is 25.3 Å². The summed E-state index contributed by atoms with van der Waals surface area (Å²) in [6.45, 7) is 3.25. The maximum Gasteiger partial charge on any atom is 0.355 e. The van der Waals surface area contributed by atoms with Gasteiger partial charge in [0.1, 0.15) is 11.4 Å². The third-order valence-electron chi connectivity index (χ3n) is 4.66. The molecule has 0 aliphatic heterocycles. The number of hydrogen-bond acceptors (Lipinski definition) is 10. The number of nitrogen functional groups attached to an aromatic ring is 1. The van der Waals surface area contributed by atoms with Crippen LogP contribution in [-0.2, 0) is 22.5 Å². The van der Waals surface area contributed by atoms with Gasteiger partial charge in [-0.15, -0.1) is 0 Å². The molecule has 3 aromatic rings. The normalized spacial score (nSPS) is 10.5. The van der Waals surface area contributed by atoms with E-state index in [0.717, 1.165) is 0 Å². The average Bonchev–Trinajstić information content (AvgIpc) is 3.13. The Hall–Kier alpha value is -4.15. The Kier molecular flexibility index (Phi) is 6.88. The van der Waals surface area contributed by atoms with E-state index in [4.69, 9.17) is 19.9 Å². The molecule has 1 aromatic carbocycles. The molecule has 2 aromatic heterocycles. The highest BCUT2D eigenvalue weighted by Gasteiger charge is 2.24. The number of carbonyl (C=O) groups is 2. The lowest BCUT2D eigenvalue weighted by Gasteiger charge is -2.11. The number of carbonyl (C=O) groups excluding carboxylic acids is 2. The number of ether oxygens (including phenoxy) is 3. The fraction of sp³-hybridized carbons (Fsp3) is 0.286. The first-order chi connectivity index (χ1) is 15.4. The smallest absolute Gasteiger partial charge is 0.355 e. The first-order valence-corrected chi connectivity index (χ1v) is 9.75. The quantitative estimate of drug-likeness (QED) is 0.445. The van der Waals surface area contributed by atoms with Gasteiger partial charge >= 0.3 is 11.9 Å². The van der Waals surface area contributed by atoms with Crippen LogP contribution in [0.1, 0.15) is 44.9 Å². The third kappa shape index (κ3) is 4.77. The first-order valence-electron chi connectivity index (χ1n) is 9.75. The van der Waals surface area contributed by atoms with Crippen LogP contribution in [0.15, 0.2) is 24.3 Å². The Morgan fingerprint density at radius 1 is 1.12 bits per heavy atom. The zero-order valence-electron chi connectivity index (χ0n) is 18.2. The fourth-order valence-corrected chi connectivity index (χ4v) is 3.14. The molecule has 0 spiro atoms. The second-order valence-corrected chi connectivity index (χ2v) is 6.66. The van der Waals surface area contributed by atoms with Gasteiger partial charge in [0.15, 0.2) is 12.4 Å². The molecule has 0 saturated carbocycles. The number of esters is 2. The Labute approximate surface area is 184 Å². The molecular weight excluding hydrogens is 416 g/mol. The molecule has 11 nitrogen and oxygen atoms in total. The summed E-state index contributed by atoms with van der Waals surface area (Å²) in [7, 11) is 2.83. The number of aryl methyl sites for hydroxylation is 1. The first kappa shape index (κ1) is 22.5. The summed E-state index contributed by atoms with van der Waals surface area (Å²) in [5.74, 6) is -0.310. The van der Waals surface area contributed by atoms with Gasteiger partial charge < -0.3 is 30.2 Å². The standard InChI is InChI=1S/C21H24N6O5/c1-5-12-16(18(28)31-4)11(2)17(23-12)19(29)32-10-15-25-20(22)27-21(26-15)24-13-8-6-7-9-14(13)30-3/h6-9,23H,5,10H2,1-4H3,(H3,22,24,25,26,27). The number of methoxy groups -OCH3 is 2. The predicted molar refractivity (Wildman–Crippen MR) is 116 cm³/mol. The van der Waals surface area contributed by atoms with Crippen molar-refractivity contribution in [3.05, 3.63) is 52.6 Å². The van der Waals surface area contributed by atoms with E-state index < -0.39 is 11.9 Å². The van der Waals surface area contributed by atoms with Crippen molar-refractivity contribution < 1.29 is 23.8 Å². The zero-order valence-corrected chi connectivity index (χ0v) is 18.2. The lowest BCUT2D eigenvalue weighted by Crippen LogP contribution is -2.12. The predicted octanol–water partition coefficient (Wildman–Crippen LogP) is 2.55. The minimum absolute atomic E-state index is 0.0410. The number of nitrogens with zero attached hydrogens (tertiary/aromatic N) is 3. The second kappa shape index (κ2) is 9.77. The van der Waals surface area contributed by atoms with Crippen molar-refractivity contribution in [2.24, 2.45) is 0 Å². The SMILES string of the molecule is CCc1[nH]c(C(=O)OCc2nc(N)nc(Nc3ccccc3OC)n2)c(C)c1C(=O)OC. The van der Waals surface area contributed by atoms with E-state index in [-0.39, 0.29) is 30.0 Å². The van der Waals surface area contributed by atoms with Crippen molar-refractivity contribution in [1.29, 1.82) is 0 Å². The van der Waals surface area contributed by atoms with Crippen molar-refractivity contribution in [1.82, 2.24) is 19.9 Å².